The Morgan fingerprint density at radius 2 is 1.77 bits per heavy atom. The molecule has 0 amide bonds. The van der Waals surface area contributed by atoms with Crippen LogP contribution in [0, 0.1) is 0 Å². The molecule has 0 saturated heterocycles. The highest BCUT2D eigenvalue weighted by molar-refractivity contribution is 6.32. The molecular formula is C20H16ClF3N6. The summed E-state index contributed by atoms with van der Waals surface area (Å²) in [7, 11) is 0. The van der Waals surface area contributed by atoms with Crippen LogP contribution in [0.15, 0.2) is 54.7 Å². The maximum Gasteiger partial charge on any atom is 0.389 e. The molecule has 2 aromatic carbocycles. The Labute approximate surface area is 174 Å². The zero-order valence-corrected chi connectivity index (χ0v) is 16.2. The van der Waals surface area contributed by atoms with E-state index in [9.17, 15) is 13.2 Å². The zero-order valence-electron chi connectivity index (χ0n) is 15.5. The number of aryl methyl sites for hydroxylation is 1. The Hall–Kier alpha value is -3.33. The predicted octanol–water partition coefficient (Wildman–Crippen LogP) is 5.99. The highest BCUT2D eigenvalue weighted by atomic mass is 35.5. The van der Waals surface area contributed by atoms with Crippen molar-refractivity contribution >= 4 is 45.8 Å². The normalized spacial score (nSPS) is 11.6. The van der Waals surface area contributed by atoms with Crippen LogP contribution < -0.4 is 10.6 Å². The SMILES string of the molecule is FC(F)(F)CCc1nc2ccc(Nc3ncc(Cl)c(Nc4ccccc4)n3)cc2[nH]1. The van der Waals surface area contributed by atoms with Crippen molar-refractivity contribution in [3.8, 4) is 0 Å². The van der Waals surface area contributed by atoms with E-state index in [1.807, 2.05) is 30.3 Å². The van der Waals surface area contributed by atoms with Crippen LogP contribution in [-0.4, -0.2) is 26.1 Å². The Bertz CT molecular complexity index is 1160. The van der Waals surface area contributed by atoms with Gasteiger partial charge in [-0.1, -0.05) is 29.8 Å². The lowest BCUT2D eigenvalue weighted by molar-refractivity contribution is -0.134. The lowest BCUT2D eigenvalue weighted by Gasteiger charge is -2.10. The molecule has 0 unspecified atom stereocenters. The number of para-hydroxylation sites is 1. The van der Waals surface area contributed by atoms with Gasteiger partial charge in [0.05, 0.1) is 23.7 Å². The van der Waals surface area contributed by atoms with Gasteiger partial charge in [-0.25, -0.2) is 9.97 Å². The number of hydrogen-bond acceptors (Lipinski definition) is 5. The van der Waals surface area contributed by atoms with Gasteiger partial charge < -0.3 is 15.6 Å². The van der Waals surface area contributed by atoms with Crippen LogP contribution >= 0.6 is 11.6 Å². The van der Waals surface area contributed by atoms with E-state index in [2.05, 4.69) is 30.6 Å². The second kappa shape index (κ2) is 8.19. The van der Waals surface area contributed by atoms with Gasteiger partial charge in [0.25, 0.3) is 0 Å². The van der Waals surface area contributed by atoms with Crippen molar-refractivity contribution in [1.29, 1.82) is 0 Å². The summed E-state index contributed by atoms with van der Waals surface area (Å²) in [4.78, 5) is 15.7. The first-order valence-corrected chi connectivity index (χ1v) is 9.40. The molecule has 6 nitrogen and oxygen atoms in total. The number of aromatic amines is 1. The Kier molecular flexibility index (Phi) is 5.45. The molecule has 0 spiro atoms. The number of hydrogen-bond donors (Lipinski definition) is 3. The van der Waals surface area contributed by atoms with Crippen molar-refractivity contribution in [2.24, 2.45) is 0 Å². The van der Waals surface area contributed by atoms with Gasteiger partial charge in [0, 0.05) is 17.8 Å². The molecule has 10 heteroatoms. The third-order valence-corrected chi connectivity index (χ3v) is 4.49. The van der Waals surface area contributed by atoms with E-state index >= 15 is 0 Å². The molecule has 0 aliphatic heterocycles. The Morgan fingerprint density at radius 3 is 2.53 bits per heavy atom. The van der Waals surface area contributed by atoms with Crippen LogP contribution in [0.2, 0.25) is 5.02 Å². The highest BCUT2D eigenvalue weighted by Crippen LogP contribution is 2.26. The van der Waals surface area contributed by atoms with Gasteiger partial charge in [0.1, 0.15) is 10.8 Å². The lowest BCUT2D eigenvalue weighted by Crippen LogP contribution is -2.09. The summed E-state index contributed by atoms with van der Waals surface area (Å²) < 4.78 is 37.3. The van der Waals surface area contributed by atoms with Crippen LogP contribution in [0.1, 0.15) is 12.2 Å². The monoisotopic (exact) mass is 432 g/mol. The Balaban J connectivity index is 1.51. The summed E-state index contributed by atoms with van der Waals surface area (Å²) >= 11 is 6.18. The Morgan fingerprint density at radius 1 is 0.967 bits per heavy atom. The third-order valence-electron chi connectivity index (χ3n) is 4.21. The molecular weight excluding hydrogens is 417 g/mol. The lowest BCUT2D eigenvalue weighted by atomic mass is 10.3. The van der Waals surface area contributed by atoms with Crippen molar-refractivity contribution < 1.29 is 13.2 Å². The van der Waals surface area contributed by atoms with Crippen LogP contribution in [0.25, 0.3) is 11.0 Å². The molecule has 30 heavy (non-hydrogen) atoms. The molecule has 154 valence electrons. The van der Waals surface area contributed by atoms with Crippen molar-refractivity contribution in [3.05, 3.63) is 65.6 Å². The molecule has 2 heterocycles. The summed E-state index contributed by atoms with van der Waals surface area (Å²) in [5, 5.41) is 6.56. The van der Waals surface area contributed by atoms with Crippen LogP contribution in [0.4, 0.5) is 36.3 Å². The van der Waals surface area contributed by atoms with Gasteiger partial charge in [-0.05, 0) is 30.3 Å². The fourth-order valence-corrected chi connectivity index (χ4v) is 2.96. The molecule has 2 aromatic heterocycles. The number of benzene rings is 2. The van der Waals surface area contributed by atoms with E-state index in [1.54, 1.807) is 18.2 Å². The van der Waals surface area contributed by atoms with E-state index in [1.165, 1.54) is 6.20 Å². The minimum atomic E-state index is -4.22. The number of fused-ring (bicyclic) bond motifs is 1. The van der Waals surface area contributed by atoms with Crippen molar-refractivity contribution in [1.82, 2.24) is 19.9 Å². The molecule has 0 radical (unpaired) electrons. The number of anilines is 4. The van der Waals surface area contributed by atoms with E-state index in [4.69, 9.17) is 11.6 Å². The van der Waals surface area contributed by atoms with E-state index in [-0.39, 0.29) is 12.2 Å². The molecule has 3 N–H and O–H groups in total. The van der Waals surface area contributed by atoms with Crippen molar-refractivity contribution in [2.75, 3.05) is 10.6 Å². The van der Waals surface area contributed by atoms with Crippen molar-refractivity contribution in [2.45, 2.75) is 19.0 Å². The second-order valence-electron chi connectivity index (χ2n) is 6.54. The smallest absolute Gasteiger partial charge is 0.342 e. The first-order valence-electron chi connectivity index (χ1n) is 9.03. The standard InChI is InChI=1S/C20H16ClF3N6/c21-14-11-25-19(30-18(14)26-12-4-2-1-3-5-12)27-13-6-7-15-16(10-13)29-17(28-15)8-9-20(22,23)24/h1-7,10-11H,8-9H2,(H,28,29)(H2,25,26,27,30). The van der Waals surface area contributed by atoms with Gasteiger partial charge in [0.2, 0.25) is 5.95 Å². The average Bonchev–Trinajstić information content (AvgIpc) is 3.12. The van der Waals surface area contributed by atoms with E-state index in [0.29, 0.717) is 33.5 Å². The summed E-state index contributed by atoms with van der Waals surface area (Å²) in [6.07, 6.45) is -3.86. The number of nitrogens with zero attached hydrogens (tertiary/aromatic N) is 3. The number of nitrogens with one attached hydrogen (secondary N) is 3. The third kappa shape index (κ3) is 4.98. The number of halogens is 4. The van der Waals surface area contributed by atoms with Gasteiger partial charge in [-0.15, -0.1) is 0 Å². The molecule has 0 saturated carbocycles. The molecule has 4 aromatic rings. The first kappa shape index (κ1) is 20.0. The number of alkyl halides is 3. The molecule has 4 rings (SSSR count). The van der Waals surface area contributed by atoms with Crippen LogP contribution in [0.5, 0.6) is 0 Å². The fraction of sp³-hybridized carbons (Fsp3) is 0.150. The van der Waals surface area contributed by atoms with Gasteiger partial charge in [-0.2, -0.15) is 18.2 Å². The average molecular weight is 433 g/mol. The van der Waals surface area contributed by atoms with E-state index in [0.717, 1.165) is 5.69 Å². The quantitative estimate of drug-likeness (QED) is 0.349. The zero-order chi connectivity index (χ0) is 21.1. The van der Waals surface area contributed by atoms with Gasteiger partial charge in [0.15, 0.2) is 5.82 Å². The van der Waals surface area contributed by atoms with Gasteiger partial charge in [-0.3, -0.25) is 0 Å². The molecule has 0 atom stereocenters. The number of rotatable bonds is 6. The predicted molar refractivity (Wildman–Crippen MR) is 111 cm³/mol. The molecule has 0 aliphatic carbocycles. The highest BCUT2D eigenvalue weighted by Gasteiger charge is 2.27. The van der Waals surface area contributed by atoms with Crippen LogP contribution in [0.3, 0.4) is 0 Å². The number of aromatic nitrogens is 4. The minimum absolute atomic E-state index is 0.199. The summed E-state index contributed by atoms with van der Waals surface area (Å²) in [6, 6.07) is 14.6. The summed E-state index contributed by atoms with van der Waals surface area (Å²) in [5.74, 6) is 1.04. The van der Waals surface area contributed by atoms with E-state index < -0.39 is 12.6 Å². The maximum absolute atomic E-state index is 12.4. The number of H-pyrrole nitrogens is 1. The minimum Gasteiger partial charge on any atom is -0.342 e. The fourth-order valence-electron chi connectivity index (χ4n) is 2.82. The summed E-state index contributed by atoms with van der Waals surface area (Å²) in [5.41, 5.74) is 2.69. The second-order valence-corrected chi connectivity index (χ2v) is 6.94. The topological polar surface area (TPSA) is 78.5 Å². The van der Waals surface area contributed by atoms with Crippen molar-refractivity contribution in [3.63, 3.8) is 0 Å². The first-order chi connectivity index (χ1) is 14.4. The molecule has 0 bridgehead atoms. The molecule has 0 aliphatic rings. The maximum atomic E-state index is 12.4. The van der Waals surface area contributed by atoms with Gasteiger partial charge >= 0.3 is 6.18 Å². The largest absolute Gasteiger partial charge is 0.389 e. The number of imidazole rings is 1. The van der Waals surface area contributed by atoms with Crippen LogP contribution in [-0.2, 0) is 6.42 Å². The summed E-state index contributed by atoms with van der Waals surface area (Å²) in [6.45, 7) is 0. The molecule has 0 fully saturated rings.